The molecule has 0 aromatic carbocycles. The number of nitrogens with two attached hydrogens (primary N) is 1. The molecule has 1 aromatic rings. The summed E-state index contributed by atoms with van der Waals surface area (Å²) in [6, 6.07) is 3.62. The minimum absolute atomic E-state index is 0.274. The fourth-order valence-corrected chi connectivity index (χ4v) is 1.27. The van der Waals surface area contributed by atoms with E-state index in [4.69, 9.17) is 15.6 Å². The zero-order valence-corrected chi connectivity index (χ0v) is 8.85. The molecule has 0 aliphatic heterocycles. The maximum atomic E-state index is 8.58. The molecule has 0 radical (unpaired) electrons. The van der Waals surface area contributed by atoms with Gasteiger partial charge >= 0.3 is 0 Å². The SMILES string of the molecule is Nc1ncccc1OCCCCCCO. The lowest BCUT2D eigenvalue weighted by molar-refractivity contribution is 0.273. The van der Waals surface area contributed by atoms with E-state index in [1.807, 2.05) is 6.07 Å². The number of hydrogen-bond donors (Lipinski definition) is 2. The Labute approximate surface area is 90.1 Å². The second kappa shape index (κ2) is 7.06. The first-order chi connectivity index (χ1) is 7.34. The number of aliphatic hydroxyl groups is 1. The first kappa shape index (κ1) is 11.8. The van der Waals surface area contributed by atoms with Gasteiger partial charge in [0, 0.05) is 12.8 Å². The zero-order valence-electron chi connectivity index (χ0n) is 8.85. The van der Waals surface area contributed by atoms with E-state index in [-0.39, 0.29) is 6.61 Å². The number of nitrogens with zero attached hydrogens (tertiary/aromatic N) is 1. The molecule has 4 heteroatoms. The predicted octanol–water partition coefficient (Wildman–Crippen LogP) is 1.60. The molecular weight excluding hydrogens is 192 g/mol. The lowest BCUT2D eigenvalue weighted by atomic mass is 10.2. The van der Waals surface area contributed by atoms with Crippen molar-refractivity contribution in [3.05, 3.63) is 18.3 Å². The molecular formula is C11H18N2O2. The van der Waals surface area contributed by atoms with E-state index >= 15 is 0 Å². The maximum absolute atomic E-state index is 8.58. The summed E-state index contributed by atoms with van der Waals surface area (Å²) in [5, 5.41) is 8.58. The third kappa shape index (κ3) is 4.65. The van der Waals surface area contributed by atoms with Crippen LogP contribution in [0.15, 0.2) is 18.3 Å². The Kier molecular flexibility index (Phi) is 5.55. The van der Waals surface area contributed by atoms with Crippen molar-refractivity contribution in [1.82, 2.24) is 4.98 Å². The monoisotopic (exact) mass is 210 g/mol. The van der Waals surface area contributed by atoms with E-state index in [2.05, 4.69) is 4.98 Å². The summed E-state index contributed by atoms with van der Waals surface area (Å²) in [6.07, 6.45) is 5.61. The van der Waals surface area contributed by atoms with Crippen molar-refractivity contribution in [3.8, 4) is 5.75 Å². The molecule has 4 nitrogen and oxygen atoms in total. The summed E-state index contributed by atoms with van der Waals surface area (Å²) in [6.45, 7) is 0.928. The standard InChI is InChI=1S/C11H18N2O2/c12-11-10(6-5-7-13-11)15-9-4-2-1-3-8-14/h5-7,14H,1-4,8-9H2,(H2,12,13). The first-order valence-electron chi connectivity index (χ1n) is 5.28. The molecule has 0 amide bonds. The summed E-state index contributed by atoms with van der Waals surface area (Å²) < 4.78 is 5.47. The summed E-state index contributed by atoms with van der Waals surface area (Å²) in [7, 11) is 0. The molecule has 1 rings (SSSR count). The van der Waals surface area contributed by atoms with Crippen LogP contribution in [0.2, 0.25) is 0 Å². The third-order valence-electron chi connectivity index (χ3n) is 2.11. The van der Waals surface area contributed by atoms with Crippen LogP contribution < -0.4 is 10.5 Å². The summed E-state index contributed by atoms with van der Waals surface area (Å²) in [4.78, 5) is 3.93. The predicted molar refractivity (Wildman–Crippen MR) is 59.7 cm³/mol. The molecule has 0 saturated carbocycles. The summed E-state index contributed by atoms with van der Waals surface area (Å²) >= 11 is 0. The van der Waals surface area contributed by atoms with Crippen molar-refractivity contribution in [2.75, 3.05) is 18.9 Å². The molecule has 1 aromatic heterocycles. The van der Waals surface area contributed by atoms with Gasteiger partial charge in [-0.1, -0.05) is 6.42 Å². The highest BCUT2D eigenvalue weighted by Crippen LogP contribution is 2.17. The molecule has 1 heterocycles. The van der Waals surface area contributed by atoms with Gasteiger partial charge < -0.3 is 15.6 Å². The van der Waals surface area contributed by atoms with Gasteiger partial charge in [-0.15, -0.1) is 0 Å². The molecule has 0 aliphatic carbocycles. The molecule has 84 valence electrons. The average Bonchev–Trinajstić information content (AvgIpc) is 2.25. The highest BCUT2D eigenvalue weighted by Gasteiger charge is 1.98. The molecule has 0 aliphatic rings. The van der Waals surface area contributed by atoms with Crippen LogP contribution in [0.4, 0.5) is 5.82 Å². The van der Waals surface area contributed by atoms with Gasteiger partial charge in [-0.2, -0.15) is 0 Å². The van der Waals surface area contributed by atoms with Gasteiger partial charge in [0.1, 0.15) is 0 Å². The van der Waals surface area contributed by atoms with Crippen LogP contribution in [-0.2, 0) is 0 Å². The van der Waals surface area contributed by atoms with Gasteiger partial charge in [0.15, 0.2) is 11.6 Å². The van der Waals surface area contributed by atoms with Gasteiger partial charge in [0.2, 0.25) is 0 Å². The Bertz CT molecular complexity index is 279. The smallest absolute Gasteiger partial charge is 0.166 e. The molecule has 3 N–H and O–H groups in total. The second-order valence-electron chi connectivity index (χ2n) is 3.37. The van der Waals surface area contributed by atoms with Crippen molar-refractivity contribution in [2.24, 2.45) is 0 Å². The van der Waals surface area contributed by atoms with Gasteiger partial charge in [-0.25, -0.2) is 4.98 Å². The number of anilines is 1. The highest BCUT2D eigenvalue weighted by atomic mass is 16.5. The fraction of sp³-hybridized carbons (Fsp3) is 0.545. The number of hydrogen-bond acceptors (Lipinski definition) is 4. The van der Waals surface area contributed by atoms with E-state index in [0.717, 1.165) is 25.7 Å². The Morgan fingerprint density at radius 1 is 1.27 bits per heavy atom. The topological polar surface area (TPSA) is 68.4 Å². The lowest BCUT2D eigenvalue weighted by Crippen LogP contribution is -2.01. The third-order valence-corrected chi connectivity index (χ3v) is 2.11. The normalized spacial score (nSPS) is 10.2. The number of aliphatic hydroxyl groups excluding tert-OH is 1. The van der Waals surface area contributed by atoms with Crippen LogP contribution in [0, 0.1) is 0 Å². The van der Waals surface area contributed by atoms with Crippen LogP contribution in [0.5, 0.6) is 5.75 Å². The Hall–Kier alpha value is -1.29. The number of unbranched alkanes of at least 4 members (excludes halogenated alkanes) is 3. The highest BCUT2D eigenvalue weighted by molar-refractivity contribution is 5.44. The summed E-state index contributed by atoms with van der Waals surface area (Å²) in [5.74, 6) is 1.09. The molecule has 15 heavy (non-hydrogen) atoms. The van der Waals surface area contributed by atoms with E-state index < -0.39 is 0 Å². The van der Waals surface area contributed by atoms with Crippen molar-refractivity contribution >= 4 is 5.82 Å². The molecule has 0 atom stereocenters. The Morgan fingerprint density at radius 3 is 2.80 bits per heavy atom. The van der Waals surface area contributed by atoms with E-state index in [1.54, 1.807) is 12.3 Å². The number of pyridine rings is 1. The Morgan fingerprint density at radius 2 is 2.07 bits per heavy atom. The van der Waals surface area contributed by atoms with Gasteiger partial charge in [0.05, 0.1) is 6.61 Å². The van der Waals surface area contributed by atoms with Crippen LogP contribution in [-0.4, -0.2) is 23.3 Å². The fourth-order valence-electron chi connectivity index (χ4n) is 1.27. The van der Waals surface area contributed by atoms with Crippen molar-refractivity contribution < 1.29 is 9.84 Å². The van der Waals surface area contributed by atoms with Crippen LogP contribution in [0.25, 0.3) is 0 Å². The minimum atomic E-state index is 0.274. The van der Waals surface area contributed by atoms with Crippen LogP contribution >= 0.6 is 0 Å². The van der Waals surface area contributed by atoms with Crippen LogP contribution in [0.1, 0.15) is 25.7 Å². The zero-order chi connectivity index (χ0) is 10.9. The number of ether oxygens (including phenoxy) is 1. The largest absolute Gasteiger partial charge is 0.490 e. The molecule has 0 saturated heterocycles. The quantitative estimate of drug-likeness (QED) is 0.671. The average molecular weight is 210 g/mol. The number of aromatic nitrogens is 1. The maximum Gasteiger partial charge on any atom is 0.166 e. The molecule has 0 bridgehead atoms. The van der Waals surface area contributed by atoms with E-state index in [0.29, 0.717) is 18.2 Å². The van der Waals surface area contributed by atoms with Gasteiger partial charge in [-0.05, 0) is 31.4 Å². The van der Waals surface area contributed by atoms with E-state index in [1.165, 1.54) is 0 Å². The number of rotatable bonds is 7. The minimum Gasteiger partial charge on any atom is -0.490 e. The summed E-state index contributed by atoms with van der Waals surface area (Å²) in [5.41, 5.74) is 5.61. The van der Waals surface area contributed by atoms with Gasteiger partial charge in [-0.3, -0.25) is 0 Å². The van der Waals surface area contributed by atoms with Crippen molar-refractivity contribution in [3.63, 3.8) is 0 Å². The van der Waals surface area contributed by atoms with E-state index in [9.17, 15) is 0 Å². The van der Waals surface area contributed by atoms with Crippen molar-refractivity contribution in [1.29, 1.82) is 0 Å². The Balaban J connectivity index is 2.12. The lowest BCUT2D eigenvalue weighted by Gasteiger charge is -2.07. The molecule has 0 spiro atoms. The van der Waals surface area contributed by atoms with Crippen molar-refractivity contribution in [2.45, 2.75) is 25.7 Å². The van der Waals surface area contributed by atoms with Gasteiger partial charge in [0.25, 0.3) is 0 Å². The molecule has 0 unspecified atom stereocenters. The number of nitrogen functional groups attached to an aromatic ring is 1. The first-order valence-corrected chi connectivity index (χ1v) is 5.28. The molecule has 0 fully saturated rings. The van der Waals surface area contributed by atoms with Crippen LogP contribution in [0.3, 0.4) is 0 Å². The second-order valence-corrected chi connectivity index (χ2v) is 3.37.